The number of nitrogens with zero attached hydrogens (tertiary/aromatic N) is 6. The van der Waals surface area contributed by atoms with Gasteiger partial charge in [-0.05, 0) is 43.0 Å². The van der Waals surface area contributed by atoms with Gasteiger partial charge in [0.05, 0.1) is 12.1 Å². The van der Waals surface area contributed by atoms with Crippen LogP contribution in [0.1, 0.15) is 38.2 Å². The van der Waals surface area contributed by atoms with E-state index in [0.717, 1.165) is 11.1 Å². The van der Waals surface area contributed by atoms with Crippen molar-refractivity contribution in [2.75, 3.05) is 16.8 Å². The highest BCUT2D eigenvalue weighted by Crippen LogP contribution is 2.25. The molecule has 1 aliphatic heterocycles. The van der Waals surface area contributed by atoms with Gasteiger partial charge in [-0.15, -0.1) is 0 Å². The number of hydrogen-bond donors (Lipinski definition) is 1. The molecule has 1 aliphatic rings. The Bertz CT molecular complexity index is 1120. The van der Waals surface area contributed by atoms with E-state index in [1.165, 1.54) is 17.3 Å². The van der Waals surface area contributed by atoms with E-state index in [2.05, 4.69) is 30.2 Å². The maximum absolute atomic E-state index is 13.5. The monoisotopic (exact) mass is 437 g/mol. The second kappa shape index (κ2) is 8.81. The number of aryl methyl sites for hydroxylation is 1. The number of aromatic nitrogens is 5. The SMILES string of the molecule is Cc1cc(-c2cnc([C@H](C)Nc3ncnc(N4C(=O)OCC4C(C)C)n3)nc2)ccc1F. The Morgan fingerprint density at radius 2 is 1.88 bits per heavy atom. The molecule has 32 heavy (non-hydrogen) atoms. The van der Waals surface area contributed by atoms with Gasteiger partial charge < -0.3 is 10.1 Å². The maximum Gasteiger partial charge on any atom is 0.417 e. The summed E-state index contributed by atoms with van der Waals surface area (Å²) in [5, 5.41) is 3.14. The molecule has 2 aromatic heterocycles. The van der Waals surface area contributed by atoms with E-state index >= 15 is 0 Å². The minimum atomic E-state index is -0.469. The van der Waals surface area contributed by atoms with Gasteiger partial charge in [0.25, 0.3) is 0 Å². The molecule has 10 heteroatoms. The second-order valence-corrected chi connectivity index (χ2v) is 8.03. The third-order valence-corrected chi connectivity index (χ3v) is 5.35. The van der Waals surface area contributed by atoms with Crippen LogP contribution in [-0.2, 0) is 4.74 Å². The molecule has 0 aliphatic carbocycles. The average Bonchev–Trinajstić information content (AvgIpc) is 3.18. The Morgan fingerprint density at radius 1 is 1.12 bits per heavy atom. The van der Waals surface area contributed by atoms with Gasteiger partial charge in [-0.3, -0.25) is 0 Å². The summed E-state index contributed by atoms with van der Waals surface area (Å²) in [6.07, 6.45) is 4.27. The van der Waals surface area contributed by atoms with E-state index in [9.17, 15) is 9.18 Å². The third-order valence-electron chi connectivity index (χ3n) is 5.35. The van der Waals surface area contributed by atoms with E-state index < -0.39 is 6.09 Å². The Hall–Kier alpha value is -3.69. The molecule has 2 atom stereocenters. The van der Waals surface area contributed by atoms with Crippen LogP contribution in [0.2, 0.25) is 0 Å². The molecular weight excluding hydrogens is 413 g/mol. The summed E-state index contributed by atoms with van der Waals surface area (Å²) in [7, 11) is 0. The van der Waals surface area contributed by atoms with Crippen molar-refractivity contribution in [2.45, 2.75) is 39.8 Å². The van der Waals surface area contributed by atoms with Crippen LogP contribution in [0.5, 0.6) is 0 Å². The summed E-state index contributed by atoms with van der Waals surface area (Å²) in [6.45, 7) is 7.91. The summed E-state index contributed by atoms with van der Waals surface area (Å²) in [4.78, 5) is 35.2. The van der Waals surface area contributed by atoms with Gasteiger partial charge in [-0.2, -0.15) is 4.98 Å². The number of halogens is 1. The number of rotatable bonds is 6. The lowest BCUT2D eigenvalue weighted by atomic mass is 10.1. The highest BCUT2D eigenvalue weighted by molar-refractivity contribution is 5.88. The molecule has 3 heterocycles. The minimum Gasteiger partial charge on any atom is -0.447 e. The van der Waals surface area contributed by atoms with E-state index in [1.807, 2.05) is 20.8 Å². The topological polar surface area (TPSA) is 106 Å². The largest absolute Gasteiger partial charge is 0.447 e. The lowest BCUT2D eigenvalue weighted by Crippen LogP contribution is -2.38. The van der Waals surface area contributed by atoms with Crippen molar-refractivity contribution in [3.63, 3.8) is 0 Å². The van der Waals surface area contributed by atoms with Crippen LogP contribution in [0, 0.1) is 18.7 Å². The van der Waals surface area contributed by atoms with Crippen molar-refractivity contribution in [2.24, 2.45) is 5.92 Å². The van der Waals surface area contributed by atoms with Crippen molar-refractivity contribution in [3.05, 3.63) is 54.1 Å². The zero-order chi connectivity index (χ0) is 22.8. The zero-order valence-electron chi connectivity index (χ0n) is 18.3. The summed E-state index contributed by atoms with van der Waals surface area (Å²) in [5.41, 5.74) is 2.20. The third kappa shape index (κ3) is 4.34. The fourth-order valence-corrected chi connectivity index (χ4v) is 3.42. The number of ether oxygens (including phenoxy) is 1. The summed E-state index contributed by atoms with van der Waals surface area (Å²) < 4.78 is 18.7. The van der Waals surface area contributed by atoms with Crippen LogP contribution in [0.3, 0.4) is 0 Å². The van der Waals surface area contributed by atoms with Crippen LogP contribution < -0.4 is 10.2 Å². The summed E-state index contributed by atoms with van der Waals surface area (Å²) >= 11 is 0. The Balaban J connectivity index is 1.49. The molecule has 1 fully saturated rings. The normalized spacial score (nSPS) is 16.9. The number of carbonyl (C=O) groups excluding carboxylic acids is 1. The van der Waals surface area contributed by atoms with Gasteiger partial charge in [-0.25, -0.2) is 34.0 Å². The number of benzene rings is 1. The van der Waals surface area contributed by atoms with Gasteiger partial charge in [-0.1, -0.05) is 19.9 Å². The molecule has 0 bridgehead atoms. The number of cyclic esters (lactones) is 1. The van der Waals surface area contributed by atoms with Gasteiger partial charge in [0.15, 0.2) is 0 Å². The Kier molecular flexibility index (Phi) is 5.93. The smallest absolute Gasteiger partial charge is 0.417 e. The highest BCUT2D eigenvalue weighted by atomic mass is 19.1. The molecule has 1 N–H and O–H groups in total. The number of hydrogen-bond acceptors (Lipinski definition) is 8. The summed E-state index contributed by atoms with van der Waals surface area (Å²) in [6, 6.07) is 4.45. The van der Waals surface area contributed by atoms with Crippen molar-refractivity contribution in [3.8, 4) is 11.1 Å². The highest BCUT2D eigenvalue weighted by Gasteiger charge is 2.38. The molecule has 0 radical (unpaired) electrons. The number of carbonyl (C=O) groups is 1. The van der Waals surface area contributed by atoms with Crippen molar-refractivity contribution < 1.29 is 13.9 Å². The predicted molar refractivity (Wildman–Crippen MR) is 116 cm³/mol. The Morgan fingerprint density at radius 3 is 2.56 bits per heavy atom. The lowest BCUT2D eigenvalue weighted by Gasteiger charge is -2.22. The van der Waals surface area contributed by atoms with Crippen molar-refractivity contribution in [1.29, 1.82) is 0 Å². The average molecular weight is 437 g/mol. The quantitative estimate of drug-likeness (QED) is 0.618. The van der Waals surface area contributed by atoms with Gasteiger partial charge in [0.1, 0.15) is 24.6 Å². The van der Waals surface area contributed by atoms with Crippen LogP contribution in [-0.4, -0.2) is 43.7 Å². The molecular formula is C22H24FN7O2. The zero-order valence-corrected chi connectivity index (χ0v) is 18.3. The molecule has 0 saturated carbocycles. The molecule has 4 rings (SSSR count). The van der Waals surface area contributed by atoms with Crippen LogP contribution in [0.15, 0.2) is 36.9 Å². The van der Waals surface area contributed by atoms with Gasteiger partial charge >= 0.3 is 6.09 Å². The second-order valence-electron chi connectivity index (χ2n) is 8.03. The first-order valence-electron chi connectivity index (χ1n) is 10.3. The molecule has 0 spiro atoms. The van der Waals surface area contributed by atoms with Gasteiger partial charge in [0.2, 0.25) is 11.9 Å². The standard InChI is InChI=1S/C22H24FN7O2/c1-12(2)18-10-32-22(31)30(18)21-27-11-26-20(29-21)28-14(4)19-24-8-16(9-25-19)15-5-6-17(23)13(3)7-15/h5-9,11-12,14,18H,10H2,1-4H3,(H,26,27,28,29)/t14-,18?/m0/s1. The minimum absolute atomic E-state index is 0.138. The van der Waals surface area contributed by atoms with Crippen molar-refractivity contribution >= 4 is 18.0 Å². The van der Waals surface area contributed by atoms with Crippen molar-refractivity contribution in [1.82, 2.24) is 24.9 Å². The van der Waals surface area contributed by atoms with E-state index in [0.29, 0.717) is 23.9 Å². The van der Waals surface area contributed by atoms with Gasteiger partial charge in [0, 0.05) is 18.0 Å². The fraction of sp³-hybridized carbons (Fsp3) is 0.364. The number of nitrogens with one attached hydrogen (secondary N) is 1. The summed E-state index contributed by atoms with van der Waals surface area (Å²) in [5.74, 6) is 1.01. The fourth-order valence-electron chi connectivity index (χ4n) is 3.42. The maximum atomic E-state index is 13.5. The molecule has 1 unspecified atom stereocenters. The molecule has 3 aromatic rings. The first kappa shape index (κ1) is 21.5. The molecule has 1 saturated heterocycles. The Labute approximate surface area is 185 Å². The first-order chi connectivity index (χ1) is 15.3. The lowest BCUT2D eigenvalue weighted by molar-refractivity contribution is 0.177. The van der Waals surface area contributed by atoms with E-state index in [1.54, 1.807) is 31.5 Å². The molecule has 9 nitrogen and oxygen atoms in total. The molecule has 1 aromatic carbocycles. The first-order valence-corrected chi connectivity index (χ1v) is 10.3. The van der Waals surface area contributed by atoms with E-state index in [4.69, 9.17) is 4.74 Å². The predicted octanol–water partition coefficient (Wildman–Crippen LogP) is 3.93. The molecule has 1 amide bonds. The number of amides is 1. The van der Waals surface area contributed by atoms with Crippen LogP contribution in [0.4, 0.5) is 21.1 Å². The van der Waals surface area contributed by atoms with E-state index in [-0.39, 0.29) is 29.8 Å². The molecule has 166 valence electrons. The number of anilines is 2. The van der Waals surface area contributed by atoms with Crippen LogP contribution >= 0.6 is 0 Å². The van der Waals surface area contributed by atoms with Crippen LogP contribution in [0.25, 0.3) is 11.1 Å².